The lowest BCUT2D eigenvalue weighted by Gasteiger charge is -2.43. The van der Waals surface area contributed by atoms with Crippen molar-refractivity contribution in [1.29, 1.82) is 0 Å². The molecule has 1 saturated carbocycles. The summed E-state index contributed by atoms with van der Waals surface area (Å²) in [5, 5.41) is 8.63. The van der Waals surface area contributed by atoms with Gasteiger partial charge in [0.15, 0.2) is 6.61 Å². The summed E-state index contributed by atoms with van der Waals surface area (Å²) in [6, 6.07) is 9.70. The lowest BCUT2D eigenvalue weighted by Crippen LogP contribution is -2.50. The number of benzene rings is 2. The fourth-order valence-corrected chi connectivity index (χ4v) is 3.36. The Hall–Kier alpha value is -2.96. The highest BCUT2D eigenvalue weighted by molar-refractivity contribution is 6.01. The average molecular weight is 375 g/mol. The highest BCUT2D eigenvalue weighted by Gasteiger charge is 2.48. The second-order valence-corrected chi connectivity index (χ2v) is 6.60. The number of hydrogen-bond acceptors (Lipinski definition) is 3. The van der Waals surface area contributed by atoms with Gasteiger partial charge in [0.1, 0.15) is 17.4 Å². The van der Waals surface area contributed by atoms with Crippen LogP contribution in [0.25, 0.3) is 0 Å². The Morgan fingerprint density at radius 2 is 1.81 bits per heavy atom. The summed E-state index contributed by atoms with van der Waals surface area (Å²) in [7, 11) is 1.59. The Bertz CT molecular complexity index is 863. The van der Waals surface area contributed by atoms with E-state index in [9.17, 15) is 18.4 Å². The van der Waals surface area contributed by atoms with Crippen molar-refractivity contribution in [2.75, 3.05) is 18.6 Å². The van der Waals surface area contributed by atoms with Gasteiger partial charge in [0.2, 0.25) is 5.91 Å². The molecule has 0 atom stereocenters. The van der Waals surface area contributed by atoms with Gasteiger partial charge in [-0.1, -0.05) is 12.5 Å². The molecule has 2 aromatic rings. The number of aliphatic carboxylic acids is 1. The number of hydrogen-bond donors (Lipinski definition) is 1. The fraction of sp³-hybridized carbons (Fsp3) is 0.300. The van der Waals surface area contributed by atoms with Gasteiger partial charge in [-0.05, 0) is 43.2 Å². The molecule has 1 aliphatic carbocycles. The van der Waals surface area contributed by atoms with Gasteiger partial charge in [0, 0.05) is 24.4 Å². The van der Waals surface area contributed by atoms with Crippen LogP contribution in [0.2, 0.25) is 0 Å². The molecular formula is C20H19F2NO4. The molecule has 7 heteroatoms. The minimum absolute atomic E-state index is 0.216. The number of carboxylic acids is 1. The minimum atomic E-state index is -1.08. The molecule has 3 rings (SSSR count). The second-order valence-electron chi connectivity index (χ2n) is 6.60. The molecule has 0 radical (unpaired) electrons. The standard InChI is InChI=1S/C20H19F2NO4/c1-23(14-4-6-15(7-5-14)27-12-18(24)25)19(26)20(9-2-10-20)16-8-3-13(21)11-17(16)22/h3-8,11H,2,9-10,12H2,1H3,(H,24,25). The number of carbonyl (C=O) groups excluding carboxylic acids is 1. The first-order valence-corrected chi connectivity index (χ1v) is 8.52. The van der Waals surface area contributed by atoms with Crippen LogP contribution in [0.15, 0.2) is 42.5 Å². The number of anilines is 1. The topological polar surface area (TPSA) is 66.8 Å². The van der Waals surface area contributed by atoms with Crippen molar-refractivity contribution >= 4 is 17.6 Å². The van der Waals surface area contributed by atoms with Crippen LogP contribution in [0.1, 0.15) is 24.8 Å². The zero-order valence-electron chi connectivity index (χ0n) is 14.7. The van der Waals surface area contributed by atoms with Gasteiger partial charge in [-0.15, -0.1) is 0 Å². The van der Waals surface area contributed by atoms with Crippen molar-refractivity contribution in [1.82, 2.24) is 0 Å². The van der Waals surface area contributed by atoms with E-state index in [-0.39, 0.29) is 11.5 Å². The van der Waals surface area contributed by atoms with E-state index >= 15 is 0 Å². The number of halogens is 2. The van der Waals surface area contributed by atoms with Crippen molar-refractivity contribution in [2.45, 2.75) is 24.7 Å². The quantitative estimate of drug-likeness (QED) is 0.839. The van der Waals surface area contributed by atoms with E-state index in [2.05, 4.69) is 0 Å². The SMILES string of the molecule is CN(C(=O)C1(c2ccc(F)cc2F)CCC1)c1ccc(OCC(=O)O)cc1. The number of likely N-dealkylation sites (N-methyl/N-ethyl adjacent to an activating group) is 1. The number of ether oxygens (including phenoxy) is 1. The maximum Gasteiger partial charge on any atom is 0.341 e. The normalized spacial score (nSPS) is 14.9. The predicted molar refractivity (Wildman–Crippen MR) is 94.9 cm³/mol. The number of carbonyl (C=O) groups is 2. The summed E-state index contributed by atoms with van der Waals surface area (Å²) < 4.78 is 32.6. The first-order chi connectivity index (χ1) is 12.8. The van der Waals surface area contributed by atoms with Crippen molar-refractivity contribution in [3.63, 3.8) is 0 Å². The lowest BCUT2D eigenvalue weighted by molar-refractivity contribution is -0.139. The number of nitrogens with zero attached hydrogens (tertiary/aromatic N) is 1. The van der Waals surface area contributed by atoms with E-state index in [1.165, 1.54) is 17.0 Å². The summed E-state index contributed by atoms with van der Waals surface area (Å²) in [5.41, 5.74) is -0.213. The van der Waals surface area contributed by atoms with E-state index in [1.54, 1.807) is 31.3 Å². The number of amides is 1. The summed E-state index contributed by atoms with van der Waals surface area (Å²) in [6.45, 7) is -0.457. The molecular weight excluding hydrogens is 356 g/mol. The van der Waals surface area contributed by atoms with Crippen molar-refractivity contribution in [3.05, 3.63) is 59.7 Å². The fourth-order valence-electron chi connectivity index (χ4n) is 3.36. The summed E-state index contributed by atoms with van der Waals surface area (Å²) in [4.78, 5) is 25.1. The molecule has 1 aliphatic rings. The smallest absolute Gasteiger partial charge is 0.341 e. The van der Waals surface area contributed by atoms with Crippen molar-refractivity contribution in [3.8, 4) is 5.75 Å². The van der Waals surface area contributed by atoms with E-state index in [1.807, 2.05) is 0 Å². The summed E-state index contributed by atoms with van der Waals surface area (Å²) >= 11 is 0. The maximum atomic E-state index is 14.3. The van der Waals surface area contributed by atoms with Gasteiger partial charge in [0.25, 0.3) is 0 Å². The third-order valence-corrected chi connectivity index (χ3v) is 4.95. The Morgan fingerprint density at radius 1 is 1.15 bits per heavy atom. The van der Waals surface area contributed by atoms with Gasteiger partial charge in [-0.2, -0.15) is 0 Å². The molecule has 142 valence electrons. The Morgan fingerprint density at radius 3 is 2.33 bits per heavy atom. The van der Waals surface area contributed by atoms with Crippen LogP contribution in [0, 0.1) is 11.6 Å². The van der Waals surface area contributed by atoms with Crippen LogP contribution in [-0.2, 0) is 15.0 Å². The molecule has 0 aromatic heterocycles. The molecule has 1 N–H and O–H groups in total. The number of carboxylic acid groups (broad SMARTS) is 1. The van der Waals surface area contributed by atoms with Crippen LogP contribution in [-0.4, -0.2) is 30.6 Å². The van der Waals surface area contributed by atoms with Crippen LogP contribution in [0.5, 0.6) is 5.75 Å². The van der Waals surface area contributed by atoms with Crippen LogP contribution >= 0.6 is 0 Å². The van der Waals surface area contributed by atoms with Crippen LogP contribution in [0.4, 0.5) is 14.5 Å². The predicted octanol–water partition coefficient (Wildman–Crippen LogP) is 3.51. The third-order valence-electron chi connectivity index (χ3n) is 4.95. The van der Waals surface area contributed by atoms with Gasteiger partial charge in [-0.3, -0.25) is 4.79 Å². The Labute approximate surface area is 155 Å². The molecule has 0 unspecified atom stereocenters. The first-order valence-electron chi connectivity index (χ1n) is 8.52. The summed E-state index contributed by atoms with van der Waals surface area (Å²) in [6.07, 6.45) is 1.79. The highest BCUT2D eigenvalue weighted by Crippen LogP contribution is 2.46. The molecule has 0 spiro atoms. The van der Waals surface area contributed by atoms with Crippen LogP contribution < -0.4 is 9.64 Å². The second kappa shape index (κ2) is 7.34. The third kappa shape index (κ3) is 3.63. The Kier molecular flexibility index (Phi) is 5.12. The molecule has 0 saturated heterocycles. The molecule has 1 amide bonds. The van der Waals surface area contributed by atoms with Gasteiger partial charge < -0.3 is 14.7 Å². The molecule has 2 aromatic carbocycles. The molecule has 27 heavy (non-hydrogen) atoms. The van der Waals surface area contributed by atoms with E-state index in [0.717, 1.165) is 12.5 Å². The summed E-state index contributed by atoms with van der Waals surface area (Å²) in [5.74, 6) is -2.37. The Balaban J connectivity index is 1.82. The minimum Gasteiger partial charge on any atom is -0.482 e. The van der Waals surface area contributed by atoms with E-state index in [0.29, 0.717) is 24.3 Å². The average Bonchev–Trinajstić information content (AvgIpc) is 2.60. The molecule has 0 bridgehead atoms. The first kappa shape index (κ1) is 18.8. The van der Waals surface area contributed by atoms with Crippen molar-refractivity contribution in [2.24, 2.45) is 0 Å². The maximum absolute atomic E-state index is 14.3. The van der Waals surface area contributed by atoms with Crippen molar-refractivity contribution < 1.29 is 28.2 Å². The van der Waals surface area contributed by atoms with Gasteiger partial charge >= 0.3 is 5.97 Å². The molecule has 5 nitrogen and oxygen atoms in total. The lowest BCUT2D eigenvalue weighted by atomic mass is 9.63. The number of rotatable bonds is 6. The van der Waals surface area contributed by atoms with E-state index < -0.39 is 29.6 Å². The largest absolute Gasteiger partial charge is 0.482 e. The van der Waals surface area contributed by atoms with Crippen LogP contribution in [0.3, 0.4) is 0 Å². The zero-order valence-corrected chi connectivity index (χ0v) is 14.7. The van der Waals surface area contributed by atoms with E-state index in [4.69, 9.17) is 9.84 Å². The molecule has 0 aliphatic heterocycles. The van der Waals surface area contributed by atoms with Gasteiger partial charge in [-0.25, -0.2) is 13.6 Å². The molecule has 1 fully saturated rings. The zero-order chi connectivity index (χ0) is 19.6. The van der Waals surface area contributed by atoms with Gasteiger partial charge in [0.05, 0.1) is 5.41 Å². The highest BCUT2D eigenvalue weighted by atomic mass is 19.1. The molecule has 0 heterocycles. The monoisotopic (exact) mass is 375 g/mol.